The summed E-state index contributed by atoms with van der Waals surface area (Å²) in [7, 11) is 0. The molecule has 0 rings (SSSR count). The Balaban J connectivity index is 3.51. The first kappa shape index (κ1) is 11.2. The zero-order valence-electron chi connectivity index (χ0n) is 6.39. The molecule has 0 aliphatic rings. The molecule has 0 heterocycles. The van der Waals surface area contributed by atoms with Crippen molar-refractivity contribution in [3.63, 3.8) is 0 Å². The van der Waals surface area contributed by atoms with E-state index in [1.54, 1.807) is 0 Å². The minimum atomic E-state index is -4.29. The highest BCUT2D eigenvalue weighted by Crippen LogP contribution is 2.19. The highest BCUT2D eigenvalue weighted by molar-refractivity contribution is 5.71. The van der Waals surface area contributed by atoms with Gasteiger partial charge in [-0.25, -0.2) is 4.79 Å². The van der Waals surface area contributed by atoms with Gasteiger partial charge in [-0.2, -0.15) is 13.2 Å². The first-order valence-electron chi connectivity index (χ1n) is 3.24. The molecule has 72 valence electrons. The SMILES string of the molecule is CC(OCCC(F)(F)F)C(=O)O. The number of halogens is 3. The summed E-state index contributed by atoms with van der Waals surface area (Å²) in [5, 5.41) is 8.21. The van der Waals surface area contributed by atoms with E-state index < -0.39 is 31.3 Å². The van der Waals surface area contributed by atoms with Gasteiger partial charge in [0.15, 0.2) is 6.10 Å². The summed E-state index contributed by atoms with van der Waals surface area (Å²) >= 11 is 0. The van der Waals surface area contributed by atoms with Crippen molar-refractivity contribution in [1.82, 2.24) is 0 Å². The average molecular weight is 186 g/mol. The van der Waals surface area contributed by atoms with Gasteiger partial charge in [0.1, 0.15) is 0 Å². The highest BCUT2D eigenvalue weighted by atomic mass is 19.4. The predicted octanol–water partition coefficient (Wildman–Crippen LogP) is 1.43. The molecule has 0 saturated heterocycles. The van der Waals surface area contributed by atoms with Gasteiger partial charge in [-0.3, -0.25) is 0 Å². The summed E-state index contributed by atoms with van der Waals surface area (Å²) in [6.45, 7) is 0.565. The van der Waals surface area contributed by atoms with Crippen LogP contribution >= 0.6 is 0 Å². The Morgan fingerprint density at radius 3 is 2.42 bits per heavy atom. The third kappa shape index (κ3) is 5.96. The molecule has 0 aromatic rings. The smallest absolute Gasteiger partial charge is 0.391 e. The number of rotatable bonds is 4. The first-order valence-corrected chi connectivity index (χ1v) is 3.24. The number of hydrogen-bond acceptors (Lipinski definition) is 2. The molecular formula is C6H9F3O3. The van der Waals surface area contributed by atoms with E-state index in [2.05, 4.69) is 4.74 Å². The fourth-order valence-corrected chi connectivity index (χ4v) is 0.423. The van der Waals surface area contributed by atoms with Gasteiger partial charge in [-0.15, -0.1) is 0 Å². The number of carboxylic acid groups (broad SMARTS) is 1. The maximum absolute atomic E-state index is 11.5. The summed E-state index contributed by atoms with van der Waals surface area (Å²) in [4.78, 5) is 10.0. The maximum Gasteiger partial charge on any atom is 0.391 e. The Labute approximate surface area is 67.1 Å². The van der Waals surface area contributed by atoms with Crippen molar-refractivity contribution in [3.05, 3.63) is 0 Å². The summed E-state index contributed by atoms with van der Waals surface area (Å²) in [5.41, 5.74) is 0. The Morgan fingerprint density at radius 2 is 2.08 bits per heavy atom. The molecule has 1 N–H and O–H groups in total. The Morgan fingerprint density at radius 1 is 1.58 bits per heavy atom. The Kier molecular flexibility index (Phi) is 4.02. The van der Waals surface area contributed by atoms with Crippen LogP contribution in [0.3, 0.4) is 0 Å². The van der Waals surface area contributed by atoms with Gasteiger partial charge in [0.25, 0.3) is 0 Å². The summed E-state index contributed by atoms with van der Waals surface area (Å²) in [5.74, 6) is -1.27. The van der Waals surface area contributed by atoms with Gasteiger partial charge in [-0.05, 0) is 6.92 Å². The second-order valence-electron chi connectivity index (χ2n) is 2.22. The minimum Gasteiger partial charge on any atom is -0.479 e. The standard InChI is InChI=1S/C6H9F3O3/c1-4(5(10)11)12-3-2-6(7,8)9/h4H,2-3H2,1H3,(H,10,11). The van der Waals surface area contributed by atoms with E-state index in [-0.39, 0.29) is 0 Å². The molecule has 0 aliphatic heterocycles. The lowest BCUT2D eigenvalue weighted by Crippen LogP contribution is -2.22. The molecule has 1 unspecified atom stereocenters. The third-order valence-corrected chi connectivity index (χ3v) is 1.10. The van der Waals surface area contributed by atoms with E-state index in [0.29, 0.717) is 0 Å². The Hall–Kier alpha value is -0.780. The number of carbonyl (C=O) groups is 1. The second kappa shape index (κ2) is 4.30. The highest BCUT2D eigenvalue weighted by Gasteiger charge is 2.27. The van der Waals surface area contributed by atoms with Crippen molar-refractivity contribution in [1.29, 1.82) is 0 Å². The minimum absolute atomic E-state index is 0.614. The van der Waals surface area contributed by atoms with Crippen molar-refractivity contribution < 1.29 is 27.8 Å². The summed E-state index contributed by atoms with van der Waals surface area (Å²) in [6, 6.07) is 0. The number of ether oxygens (including phenoxy) is 1. The summed E-state index contributed by atoms with van der Waals surface area (Å²) in [6.07, 6.45) is -6.60. The van der Waals surface area contributed by atoms with E-state index in [1.165, 1.54) is 6.92 Å². The molecule has 0 spiro atoms. The zero-order valence-corrected chi connectivity index (χ0v) is 6.39. The zero-order chi connectivity index (χ0) is 9.78. The molecule has 0 fully saturated rings. The van der Waals surface area contributed by atoms with E-state index >= 15 is 0 Å². The van der Waals surface area contributed by atoms with Crippen LogP contribution in [0, 0.1) is 0 Å². The van der Waals surface area contributed by atoms with Crippen LogP contribution in [-0.4, -0.2) is 30.0 Å². The van der Waals surface area contributed by atoms with Crippen LogP contribution in [0.4, 0.5) is 13.2 Å². The predicted molar refractivity (Wildman–Crippen MR) is 33.7 cm³/mol. The lowest BCUT2D eigenvalue weighted by Gasteiger charge is -2.09. The maximum atomic E-state index is 11.5. The van der Waals surface area contributed by atoms with Crippen molar-refractivity contribution in [2.75, 3.05) is 6.61 Å². The molecule has 0 aromatic carbocycles. The van der Waals surface area contributed by atoms with Crippen molar-refractivity contribution in [2.24, 2.45) is 0 Å². The van der Waals surface area contributed by atoms with E-state index in [4.69, 9.17) is 5.11 Å². The molecule has 0 amide bonds. The van der Waals surface area contributed by atoms with Crippen LogP contribution in [0.15, 0.2) is 0 Å². The number of carboxylic acids is 1. The van der Waals surface area contributed by atoms with E-state index in [0.717, 1.165) is 0 Å². The fourth-order valence-electron chi connectivity index (χ4n) is 0.423. The number of alkyl halides is 3. The largest absolute Gasteiger partial charge is 0.479 e. The molecule has 12 heavy (non-hydrogen) atoms. The molecule has 1 atom stereocenters. The van der Waals surface area contributed by atoms with Crippen LogP contribution in [0.5, 0.6) is 0 Å². The molecule has 0 saturated carbocycles. The first-order chi connectivity index (χ1) is 5.33. The molecule has 0 bridgehead atoms. The van der Waals surface area contributed by atoms with Gasteiger partial charge < -0.3 is 9.84 Å². The van der Waals surface area contributed by atoms with Gasteiger partial charge >= 0.3 is 12.1 Å². The van der Waals surface area contributed by atoms with Crippen LogP contribution < -0.4 is 0 Å². The second-order valence-corrected chi connectivity index (χ2v) is 2.22. The van der Waals surface area contributed by atoms with Crippen molar-refractivity contribution in [3.8, 4) is 0 Å². The van der Waals surface area contributed by atoms with Crippen LogP contribution in [0.1, 0.15) is 13.3 Å². The molecular weight excluding hydrogens is 177 g/mol. The van der Waals surface area contributed by atoms with Crippen LogP contribution in [-0.2, 0) is 9.53 Å². The lowest BCUT2D eigenvalue weighted by molar-refractivity contribution is -0.162. The van der Waals surface area contributed by atoms with Crippen LogP contribution in [0.25, 0.3) is 0 Å². The third-order valence-electron chi connectivity index (χ3n) is 1.10. The Bertz CT molecular complexity index is 155. The van der Waals surface area contributed by atoms with Gasteiger partial charge in [0, 0.05) is 0 Å². The van der Waals surface area contributed by atoms with Crippen LogP contribution in [0.2, 0.25) is 0 Å². The van der Waals surface area contributed by atoms with Crippen molar-refractivity contribution >= 4 is 5.97 Å². The normalized spacial score (nSPS) is 14.3. The average Bonchev–Trinajstić information content (AvgIpc) is 1.84. The summed E-state index contributed by atoms with van der Waals surface area (Å²) < 4.78 is 38.8. The monoisotopic (exact) mass is 186 g/mol. The van der Waals surface area contributed by atoms with E-state index in [1.807, 2.05) is 0 Å². The quantitative estimate of drug-likeness (QED) is 0.722. The van der Waals surface area contributed by atoms with E-state index in [9.17, 15) is 18.0 Å². The molecule has 6 heteroatoms. The van der Waals surface area contributed by atoms with Gasteiger partial charge in [-0.1, -0.05) is 0 Å². The number of hydrogen-bond donors (Lipinski definition) is 1. The fraction of sp³-hybridized carbons (Fsp3) is 0.833. The molecule has 0 aliphatic carbocycles. The van der Waals surface area contributed by atoms with Gasteiger partial charge in [0.05, 0.1) is 13.0 Å². The van der Waals surface area contributed by atoms with Gasteiger partial charge in [0.2, 0.25) is 0 Å². The molecule has 3 nitrogen and oxygen atoms in total. The number of aliphatic carboxylic acids is 1. The molecule has 0 radical (unpaired) electrons. The van der Waals surface area contributed by atoms with Crippen molar-refractivity contribution in [2.45, 2.75) is 25.6 Å². The topological polar surface area (TPSA) is 46.5 Å². The molecule has 0 aromatic heterocycles. The lowest BCUT2D eigenvalue weighted by atomic mass is 10.4.